The Morgan fingerprint density at radius 1 is 1.09 bits per heavy atom. The van der Waals surface area contributed by atoms with Gasteiger partial charge in [-0.25, -0.2) is 9.37 Å². The molecule has 1 aromatic carbocycles. The van der Waals surface area contributed by atoms with E-state index in [0.29, 0.717) is 39.8 Å². The van der Waals surface area contributed by atoms with Gasteiger partial charge < -0.3 is 20.7 Å². The maximum absolute atomic E-state index is 13.3. The van der Waals surface area contributed by atoms with Crippen molar-refractivity contribution < 1.29 is 18.7 Å². The first-order chi connectivity index (χ1) is 15.5. The minimum absolute atomic E-state index is 0.0202. The van der Waals surface area contributed by atoms with Crippen LogP contribution in [0.15, 0.2) is 48.8 Å². The number of nitrogens with one attached hydrogen (secondary N) is 3. The molecule has 0 spiro atoms. The third-order valence-corrected chi connectivity index (χ3v) is 5.07. The van der Waals surface area contributed by atoms with E-state index in [2.05, 4.69) is 25.9 Å². The van der Waals surface area contributed by atoms with Gasteiger partial charge in [0.05, 0.1) is 35.9 Å². The van der Waals surface area contributed by atoms with Crippen LogP contribution in [0.1, 0.15) is 23.2 Å². The van der Waals surface area contributed by atoms with E-state index >= 15 is 0 Å². The number of halogens is 1. The Labute approximate surface area is 184 Å². The highest BCUT2D eigenvalue weighted by Gasteiger charge is 2.30. The molecule has 32 heavy (non-hydrogen) atoms. The van der Waals surface area contributed by atoms with E-state index in [9.17, 15) is 14.0 Å². The van der Waals surface area contributed by atoms with Crippen LogP contribution in [0.4, 0.5) is 21.6 Å². The maximum atomic E-state index is 13.3. The highest BCUT2D eigenvalue weighted by molar-refractivity contribution is 6.01. The van der Waals surface area contributed by atoms with Crippen molar-refractivity contribution in [1.82, 2.24) is 15.3 Å². The number of pyridine rings is 2. The monoisotopic (exact) mass is 435 g/mol. The SMILES string of the molecule is CNC(=O)c1cnc(NC(=O)C2CC2)cc1Nc1cccc(-c2ccc(F)cn2)c1OC. The first-order valence-electron chi connectivity index (χ1n) is 10.1. The van der Waals surface area contributed by atoms with Crippen molar-refractivity contribution in [2.24, 2.45) is 5.92 Å². The minimum Gasteiger partial charge on any atom is -0.494 e. The summed E-state index contributed by atoms with van der Waals surface area (Å²) in [5.74, 6) is -0.0303. The van der Waals surface area contributed by atoms with Crippen LogP contribution >= 0.6 is 0 Å². The number of hydrogen-bond donors (Lipinski definition) is 3. The van der Waals surface area contributed by atoms with Crippen LogP contribution in [0.5, 0.6) is 5.75 Å². The molecule has 164 valence electrons. The standard InChI is InChI=1S/C23H22FN5O3/c1-25-23(31)16-12-27-20(29-22(30)13-6-7-13)10-19(16)28-18-5-3-4-15(21(18)32-2)17-9-8-14(24)11-26-17/h3-5,8-13H,6-7H2,1-2H3,(H,25,31)(H2,27,28,29,30). The topological polar surface area (TPSA) is 105 Å². The van der Waals surface area contributed by atoms with E-state index < -0.39 is 5.82 Å². The average molecular weight is 435 g/mol. The summed E-state index contributed by atoms with van der Waals surface area (Å²) >= 11 is 0. The zero-order chi connectivity index (χ0) is 22.7. The van der Waals surface area contributed by atoms with Crippen LogP contribution in [0, 0.1) is 11.7 Å². The van der Waals surface area contributed by atoms with Gasteiger partial charge in [-0.2, -0.15) is 0 Å². The Morgan fingerprint density at radius 2 is 1.91 bits per heavy atom. The quantitative estimate of drug-likeness (QED) is 0.522. The zero-order valence-electron chi connectivity index (χ0n) is 17.6. The number of aromatic nitrogens is 2. The Hall–Kier alpha value is -4.01. The fourth-order valence-corrected chi connectivity index (χ4v) is 3.25. The minimum atomic E-state index is -0.435. The Kier molecular flexibility index (Phi) is 5.98. The lowest BCUT2D eigenvalue weighted by molar-refractivity contribution is -0.117. The number of amides is 2. The predicted octanol–water partition coefficient (Wildman–Crippen LogP) is 3.74. The van der Waals surface area contributed by atoms with Gasteiger partial charge in [0.2, 0.25) is 5.91 Å². The average Bonchev–Trinajstić information content (AvgIpc) is 3.65. The van der Waals surface area contributed by atoms with Crippen LogP contribution in [0.2, 0.25) is 0 Å². The summed E-state index contributed by atoms with van der Waals surface area (Å²) in [6.07, 6.45) is 4.28. The lowest BCUT2D eigenvalue weighted by Gasteiger charge is -2.17. The van der Waals surface area contributed by atoms with Crippen LogP contribution in [-0.4, -0.2) is 35.9 Å². The van der Waals surface area contributed by atoms with Gasteiger partial charge in [0.1, 0.15) is 11.6 Å². The fourth-order valence-electron chi connectivity index (χ4n) is 3.25. The van der Waals surface area contributed by atoms with Crippen LogP contribution in [0.25, 0.3) is 11.3 Å². The van der Waals surface area contributed by atoms with Gasteiger partial charge in [0.25, 0.3) is 5.91 Å². The van der Waals surface area contributed by atoms with E-state index in [0.717, 1.165) is 19.0 Å². The van der Waals surface area contributed by atoms with Gasteiger partial charge in [0.15, 0.2) is 5.75 Å². The number of carbonyl (C=O) groups excluding carboxylic acids is 2. The van der Waals surface area contributed by atoms with Gasteiger partial charge in [-0.05, 0) is 37.1 Å². The molecule has 2 amide bonds. The molecule has 1 aliphatic carbocycles. The van der Waals surface area contributed by atoms with Gasteiger partial charge >= 0.3 is 0 Å². The number of benzene rings is 1. The van der Waals surface area contributed by atoms with Gasteiger partial charge in [-0.15, -0.1) is 0 Å². The van der Waals surface area contributed by atoms with E-state index in [1.54, 1.807) is 30.3 Å². The van der Waals surface area contributed by atoms with Crippen LogP contribution in [0.3, 0.4) is 0 Å². The lowest BCUT2D eigenvalue weighted by Crippen LogP contribution is -2.20. The molecule has 9 heteroatoms. The molecule has 3 aromatic rings. The number of para-hydroxylation sites is 1. The van der Waals surface area contributed by atoms with Crippen molar-refractivity contribution in [3.8, 4) is 17.0 Å². The number of anilines is 3. The maximum Gasteiger partial charge on any atom is 0.254 e. The second-order valence-corrected chi connectivity index (χ2v) is 7.33. The summed E-state index contributed by atoms with van der Waals surface area (Å²) < 4.78 is 18.9. The molecule has 8 nitrogen and oxygen atoms in total. The highest BCUT2D eigenvalue weighted by Crippen LogP contribution is 2.38. The molecule has 0 atom stereocenters. The molecule has 0 unspecified atom stereocenters. The van der Waals surface area contributed by atoms with E-state index in [1.807, 2.05) is 0 Å². The van der Waals surface area contributed by atoms with Gasteiger partial charge in [-0.1, -0.05) is 6.07 Å². The summed E-state index contributed by atoms with van der Waals surface area (Å²) in [5, 5.41) is 8.58. The van der Waals surface area contributed by atoms with Crippen molar-refractivity contribution in [2.75, 3.05) is 24.8 Å². The van der Waals surface area contributed by atoms with Crippen molar-refractivity contribution in [3.05, 3.63) is 60.2 Å². The summed E-state index contributed by atoms with van der Waals surface area (Å²) in [6.45, 7) is 0. The molecule has 0 radical (unpaired) electrons. The first-order valence-corrected chi connectivity index (χ1v) is 10.1. The number of rotatable bonds is 7. The molecular formula is C23H22FN5O3. The van der Waals surface area contributed by atoms with Gasteiger partial charge in [-0.3, -0.25) is 14.6 Å². The molecule has 0 saturated heterocycles. The molecule has 2 aromatic heterocycles. The van der Waals surface area contributed by atoms with Crippen molar-refractivity contribution in [2.45, 2.75) is 12.8 Å². The summed E-state index contributed by atoms with van der Waals surface area (Å²) in [6, 6.07) is 9.86. The summed E-state index contributed by atoms with van der Waals surface area (Å²) in [5.41, 5.74) is 2.48. The first kappa shape index (κ1) is 21.2. The number of carbonyl (C=O) groups is 2. The lowest BCUT2D eigenvalue weighted by atomic mass is 10.1. The molecule has 1 aliphatic rings. The van der Waals surface area contributed by atoms with Crippen LogP contribution < -0.4 is 20.7 Å². The fraction of sp³-hybridized carbons (Fsp3) is 0.217. The Balaban J connectivity index is 1.71. The van der Waals surface area contributed by atoms with Crippen molar-refractivity contribution in [3.63, 3.8) is 0 Å². The molecule has 1 saturated carbocycles. The molecule has 4 rings (SSSR count). The zero-order valence-corrected chi connectivity index (χ0v) is 17.6. The highest BCUT2D eigenvalue weighted by atomic mass is 19.1. The van der Waals surface area contributed by atoms with Crippen LogP contribution in [-0.2, 0) is 4.79 Å². The van der Waals surface area contributed by atoms with E-state index in [1.165, 1.54) is 26.4 Å². The number of methoxy groups -OCH3 is 1. The number of ether oxygens (including phenoxy) is 1. The molecule has 0 aliphatic heterocycles. The largest absolute Gasteiger partial charge is 0.494 e. The molecule has 3 N–H and O–H groups in total. The Morgan fingerprint density at radius 3 is 2.56 bits per heavy atom. The van der Waals surface area contributed by atoms with Crippen molar-refractivity contribution in [1.29, 1.82) is 0 Å². The molecule has 0 bridgehead atoms. The molecular weight excluding hydrogens is 413 g/mol. The Bertz CT molecular complexity index is 1160. The third-order valence-electron chi connectivity index (χ3n) is 5.07. The smallest absolute Gasteiger partial charge is 0.254 e. The predicted molar refractivity (Wildman–Crippen MR) is 118 cm³/mol. The normalized spacial score (nSPS) is 12.7. The number of hydrogen-bond acceptors (Lipinski definition) is 6. The second kappa shape index (κ2) is 9.01. The molecule has 2 heterocycles. The third kappa shape index (κ3) is 4.51. The van der Waals surface area contributed by atoms with E-state index in [4.69, 9.17) is 4.74 Å². The second-order valence-electron chi connectivity index (χ2n) is 7.33. The van der Waals surface area contributed by atoms with Gasteiger partial charge in [0, 0.05) is 30.8 Å². The van der Waals surface area contributed by atoms with E-state index in [-0.39, 0.29) is 17.7 Å². The number of nitrogens with zero attached hydrogens (tertiary/aromatic N) is 2. The summed E-state index contributed by atoms with van der Waals surface area (Å²) in [7, 11) is 3.04. The molecule has 1 fully saturated rings. The summed E-state index contributed by atoms with van der Waals surface area (Å²) in [4.78, 5) is 32.9. The van der Waals surface area contributed by atoms with Crippen molar-refractivity contribution >= 4 is 29.0 Å².